The fourth-order valence-corrected chi connectivity index (χ4v) is 2.41. The highest BCUT2D eigenvalue weighted by Gasteiger charge is 2.07. The van der Waals surface area contributed by atoms with E-state index in [-0.39, 0.29) is 0 Å². The summed E-state index contributed by atoms with van der Waals surface area (Å²) in [4.78, 5) is 10.6. The highest BCUT2D eigenvalue weighted by molar-refractivity contribution is 5.49. The fourth-order valence-electron chi connectivity index (χ4n) is 2.41. The lowest BCUT2D eigenvalue weighted by Crippen LogP contribution is -2.01. The average Bonchev–Trinajstić information content (AvgIpc) is 2.34. The number of carbonyl (C=O) groups excluding carboxylic acids is 1. The molecule has 0 rings (SSSR count). The fraction of sp³-hybridized carbons (Fsp3) is 0.938. The van der Waals surface area contributed by atoms with Crippen molar-refractivity contribution in [1.29, 1.82) is 0 Å². The Morgan fingerprint density at radius 1 is 0.765 bits per heavy atom. The standard InChI is InChI=1S/C16H32O/c1-3-5-7-9-11-13-16(14-15-17)12-10-8-6-4-2/h15-16H,3-14H2,1-2H3. The van der Waals surface area contributed by atoms with Crippen molar-refractivity contribution in [3.05, 3.63) is 0 Å². The molecule has 0 aliphatic heterocycles. The van der Waals surface area contributed by atoms with Crippen LogP contribution >= 0.6 is 0 Å². The van der Waals surface area contributed by atoms with Crippen molar-refractivity contribution in [1.82, 2.24) is 0 Å². The van der Waals surface area contributed by atoms with E-state index < -0.39 is 0 Å². The molecule has 0 saturated heterocycles. The predicted molar refractivity (Wildman–Crippen MR) is 76.3 cm³/mol. The number of aldehydes is 1. The second-order valence-corrected chi connectivity index (χ2v) is 5.32. The number of rotatable bonds is 13. The predicted octanol–water partition coefficient (Wildman–Crippen LogP) is 5.52. The van der Waals surface area contributed by atoms with Crippen LogP contribution in [0.3, 0.4) is 0 Å². The lowest BCUT2D eigenvalue weighted by molar-refractivity contribution is -0.108. The molecule has 0 aromatic heterocycles. The maximum absolute atomic E-state index is 10.6. The number of hydrogen-bond donors (Lipinski definition) is 0. The molecule has 1 nitrogen and oxygen atoms in total. The van der Waals surface area contributed by atoms with Crippen LogP contribution in [-0.4, -0.2) is 6.29 Å². The molecule has 0 saturated carbocycles. The average molecular weight is 240 g/mol. The van der Waals surface area contributed by atoms with Crippen LogP contribution in [0, 0.1) is 5.92 Å². The van der Waals surface area contributed by atoms with E-state index in [1.807, 2.05) is 0 Å². The molecule has 102 valence electrons. The van der Waals surface area contributed by atoms with E-state index in [4.69, 9.17) is 0 Å². The second kappa shape index (κ2) is 13.7. The molecule has 0 aromatic carbocycles. The van der Waals surface area contributed by atoms with Crippen LogP contribution in [0.1, 0.15) is 90.9 Å². The Labute approximate surface area is 108 Å². The molecular formula is C16H32O. The van der Waals surface area contributed by atoms with Gasteiger partial charge in [0.05, 0.1) is 0 Å². The Kier molecular flexibility index (Phi) is 13.5. The minimum atomic E-state index is 0.672. The summed E-state index contributed by atoms with van der Waals surface area (Å²) < 4.78 is 0. The molecule has 17 heavy (non-hydrogen) atoms. The van der Waals surface area contributed by atoms with Crippen LogP contribution in [0.25, 0.3) is 0 Å². The highest BCUT2D eigenvalue weighted by atomic mass is 16.1. The minimum absolute atomic E-state index is 0.672. The van der Waals surface area contributed by atoms with E-state index in [1.54, 1.807) is 0 Å². The molecule has 0 aromatic rings. The molecule has 0 radical (unpaired) electrons. The normalized spacial score (nSPS) is 12.6. The first-order valence-corrected chi connectivity index (χ1v) is 7.78. The van der Waals surface area contributed by atoms with Crippen molar-refractivity contribution >= 4 is 6.29 Å². The van der Waals surface area contributed by atoms with E-state index in [0.717, 1.165) is 12.7 Å². The Morgan fingerprint density at radius 3 is 1.71 bits per heavy atom. The third-order valence-electron chi connectivity index (χ3n) is 3.61. The molecule has 0 fully saturated rings. The van der Waals surface area contributed by atoms with Crippen LogP contribution < -0.4 is 0 Å². The monoisotopic (exact) mass is 240 g/mol. The van der Waals surface area contributed by atoms with Crippen molar-refractivity contribution in [3.8, 4) is 0 Å². The molecule has 0 aliphatic carbocycles. The van der Waals surface area contributed by atoms with Gasteiger partial charge in [0.25, 0.3) is 0 Å². The lowest BCUT2D eigenvalue weighted by atomic mass is 9.92. The van der Waals surface area contributed by atoms with Gasteiger partial charge >= 0.3 is 0 Å². The van der Waals surface area contributed by atoms with Crippen molar-refractivity contribution in [3.63, 3.8) is 0 Å². The van der Waals surface area contributed by atoms with Crippen molar-refractivity contribution in [2.45, 2.75) is 90.9 Å². The molecule has 1 heteroatoms. The highest BCUT2D eigenvalue weighted by Crippen LogP contribution is 2.20. The largest absolute Gasteiger partial charge is 0.303 e. The van der Waals surface area contributed by atoms with Gasteiger partial charge in [0.2, 0.25) is 0 Å². The summed E-state index contributed by atoms with van der Waals surface area (Å²) in [5.41, 5.74) is 0. The molecule has 1 atom stereocenters. The first-order valence-electron chi connectivity index (χ1n) is 7.78. The number of carbonyl (C=O) groups is 1. The van der Waals surface area contributed by atoms with E-state index in [9.17, 15) is 4.79 Å². The van der Waals surface area contributed by atoms with Gasteiger partial charge in [-0.3, -0.25) is 0 Å². The second-order valence-electron chi connectivity index (χ2n) is 5.32. The third kappa shape index (κ3) is 11.9. The summed E-state index contributed by atoms with van der Waals surface area (Å²) in [6, 6.07) is 0. The van der Waals surface area contributed by atoms with Crippen LogP contribution in [0.4, 0.5) is 0 Å². The number of hydrogen-bond acceptors (Lipinski definition) is 1. The van der Waals surface area contributed by atoms with Gasteiger partial charge in [0, 0.05) is 6.42 Å². The van der Waals surface area contributed by atoms with Gasteiger partial charge in [0.15, 0.2) is 0 Å². The van der Waals surface area contributed by atoms with E-state index >= 15 is 0 Å². The Balaban J connectivity index is 3.48. The zero-order chi connectivity index (χ0) is 12.8. The zero-order valence-electron chi connectivity index (χ0n) is 12.0. The van der Waals surface area contributed by atoms with Gasteiger partial charge in [-0.1, -0.05) is 84.5 Å². The summed E-state index contributed by atoms with van der Waals surface area (Å²) in [5.74, 6) is 0.672. The van der Waals surface area contributed by atoms with Crippen molar-refractivity contribution in [2.75, 3.05) is 0 Å². The van der Waals surface area contributed by atoms with Crippen LogP contribution in [-0.2, 0) is 4.79 Å². The molecule has 0 aliphatic rings. The van der Waals surface area contributed by atoms with E-state index in [0.29, 0.717) is 5.92 Å². The van der Waals surface area contributed by atoms with Gasteiger partial charge in [-0.25, -0.2) is 0 Å². The van der Waals surface area contributed by atoms with Crippen molar-refractivity contribution < 1.29 is 4.79 Å². The Morgan fingerprint density at radius 2 is 1.24 bits per heavy atom. The van der Waals surface area contributed by atoms with Gasteiger partial charge in [-0.05, 0) is 5.92 Å². The van der Waals surface area contributed by atoms with Gasteiger partial charge in [-0.15, -0.1) is 0 Å². The molecular weight excluding hydrogens is 208 g/mol. The van der Waals surface area contributed by atoms with Crippen LogP contribution in [0.5, 0.6) is 0 Å². The molecule has 1 unspecified atom stereocenters. The first-order chi connectivity index (χ1) is 8.35. The number of unbranched alkanes of at least 4 members (excludes halogenated alkanes) is 7. The zero-order valence-corrected chi connectivity index (χ0v) is 12.0. The minimum Gasteiger partial charge on any atom is -0.303 e. The smallest absolute Gasteiger partial charge is 0.120 e. The quantitative estimate of drug-likeness (QED) is 0.306. The molecule has 0 spiro atoms. The van der Waals surface area contributed by atoms with Gasteiger partial charge in [-0.2, -0.15) is 0 Å². The van der Waals surface area contributed by atoms with Crippen LogP contribution in [0.15, 0.2) is 0 Å². The summed E-state index contributed by atoms with van der Waals surface area (Å²) in [6.45, 7) is 4.50. The third-order valence-corrected chi connectivity index (χ3v) is 3.61. The topological polar surface area (TPSA) is 17.1 Å². The maximum Gasteiger partial charge on any atom is 0.120 e. The van der Waals surface area contributed by atoms with Crippen LogP contribution in [0.2, 0.25) is 0 Å². The molecule has 0 amide bonds. The first kappa shape index (κ1) is 16.7. The summed E-state index contributed by atoms with van der Waals surface area (Å²) >= 11 is 0. The van der Waals surface area contributed by atoms with Crippen molar-refractivity contribution in [2.24, 2.45) is 5.92 Å². The molecule has 0 heterocycles. The maximum atomic E-state index is 10.6. The summed E-state index contributed by atoms with van der Waals surface area (Å²) in [7, 11) is 0. The SMILES string of the molecule is CCCCCCCC(CC=O)CCCCCC. The summed E-state index contributed by atoms with van der Waals surface area (Å²) in [5, 5.41) is 0. The Bertz CT molecular complexity index is 154. The van der Waals surface area contributed by atoms with E-state index in [1.165, 1.54) is 70.6 Å². The molecule has 0 bridgehead atoms. The van der Waals surface area contributed by atoms with E-state index in [2.05, 4.69) is 13.8 Å². The molecule has 0 N–H and O–H groups in total. The lowest BCUT2D eigenvalue weighted by Gasteiger charge is -2.13. The Hall–Kier alpha value is -0.330. The van der Waals surface area contributed by atoms with Gasteiger partial charge in [0.1, 0.15) is 6.29 Å². The summed E-state index contributed by atoms with van der Waals surface area (Å²) in [6.07, 6.45) is 16.5. The van der Waals surface area contributed by atoms with Gasteiger partial charge < -0.3 is 4.79 Å².